The van der Waals surface area contributed by atoms with Crippen LogP contribution in [0.3, 0.4) is 0 Å². The normalized spacial score (nSPS) is 15.1. The minimum atomic E-state index is -0.552. The quantitative estimate of drug-likeness (QED) is 0.933. The molecule has 1 aliphatic rings. The Hall–Kier alpha value is -2.41. The van der Waals surface area contributed by atoms with Gasteiger partial charge >= 0.3 is 0 Å². The molecule has 0 aliphatic carbocycles. The molecule has 0 bridgehead atoms. The first kappa shape index (κ1) is 15.5. The van der Waals surface area contributed by atoms with E-state index in [4.69, 9.17) is 10.5 Å². The van der Waals surface area contributed by atoms with Crippen LogP contribution in [0.15, 0.2) is 18.2 Å². The highest BCUT2D eigenvalue weighted by Gasteiger charge is 2.24. The second-order valence-corrected chi connectivity index (χ2v) is 5.69. The van der Waals surface area contributed by atoms with E-state index in [1.807, 2.05) is 11.6 Å². The van der Waals surface area contributed by atoms with Crippen LogP contribution in [0.1, 0.15) is 22.6 Å². The minimum absolute atomic E-state index is 0.145. The van der Waals surface area contributed by atoms with Crippen LogP contribution in [-0.2, 0) is 13.1 Å². The number of nitrogens with zero attached hydrogens (tertiary/aromatic N) is 3. The molecular weight excluding hydrogens is 299 g/mol. The Morgan fingerprint density at radius 3 is 2.87 bits per heavy atom. The van der Waals surface area contributed by atoms with Gasteiger partial charge in [-0.3, -0.25) is 4.79 Å². The summed E-state index contributed by atoms with van der Waals surface area (Å²) >= 11 is 0. The molecule has 0 fully saturated rings. The van der Waals surface area contributed by atoms with Gasteiger partial charge in [0.05, 0.1) is 12.8 Å². The van der Waals surface area contributed by atoms with E-state index >= 15 is 0 Å². The summed E-state index contributed by atoms with van der Waals surface area (Å²) in [5.41, 5.74) is 7.26. The van der Waals surface area contributed by atoms with Crippen molar-refractivity contribution in [3.63, 3.8) is 0 Å². The lowest BCUT2D eigenvalue weighted by Gasteiger charge is -2.12. The number of imidazole rings is 1. The van der Waals surface area contributed by atoms with Crippen molar-refractivity contribution in [2.45, 2.75) is 19.5 Å². The van der Waals surface area contributed by atoms with Gasteiger partial charge in [-0.1, -0.05) is 0 Å². The Balaban J connectivity index is 2.16. The number of halogens is 1. The minimum Gasteiger partial charge on any atom is -0.494 e. The van der Waals surface area contributed by atoms with Crippen molar-refractivity contribution in [3.8, 4) is 17.1 Å². The molecule has 6 nitrogen and oxygen atoms in total. The summed E-state index contributed by atoms with van der Waals surface area (Å²) in [6, 6.07) is 4.56. The lowest BCUT2D eigenvalue weighted by atomic mass is 10.2. The van der Waals surface area contributed by atoms with E-state index < -0.39 is 11.7 Å². The molecule has 1 aromatic heterocycles. The maximum Gasteiger partial charge on any atom is 0.269 e. The fourth-order valence-electron chi connectivity index (χ4n) is 2.94. The molecule has 23 heavy (non-hydrogen) atoms. The number of methoxy groups -OCH3 is 1. The predicted octanol–water partition coefficient (Wildman–Crippen LogP) is 1.63. The van der Waals surface area contributed by atoms with Gasteiger partial charge in [0.25, 0.3) is 5.91 Å². The van der Waals surface area contributed by atoms with E-state index in [-0.39, 0.29) is 11.4 Å². The van der Waals surface area contributed by atoms with Crippen LogP contribution < -0.4 is 10.5 Å². The summed E-state index contributed by atoms with van der Waals surface area (Å²) in [7, 11) is 3.41. The number of fused-ring (bicyclic) bond motifs is 1. The average molecular weight is 318 g/mol. The molecular formula is C16H19FN4O2. The molecule has 0 radical (unpaired) electrons. The molecule has 1 amide bonds. The molecule has 0 saturated heterocycles. The van der Waals surface area contributed by atoms with E-state index in [0.717, 1.165) is 25.2 Å². The number of hydrogen-bond donors (Lipinski definition) is 1. The van der Waals surface area contributed by atoms with Crippen molar-refractivity contribution in [2.75, 3.05) is 20.7 Å². The first-order valence-electron chi connectivity index (χ1n) is 7.43. The van der Waals surface area contributed by atoms with E-state index in [1.165, 1.54) is 13.2 Å². The zero-order valence-electron chi connectivity index (χ0n) is 13.2. The van der Waals surface area contributed by atoms with Crippen LogP contribution in [0.4, 0.5) is 4.39 Å². The Labute approximate surface area is 133 Å². The lowest BCUT2D eigenvalue weighted by Crippen LogP contribution is -2.21. The molecule has 0 spiro atoms. The monoisotopic (exact) mass is 318 g/mol. The maximum absolute atomic E-state index is 13.6. The number of primary amides is 1. The third kappa shape index (κ3) is 2.79. The lowest BCUT2D eigenvalue weighted by molar-refractivity contribution is 0.0994. The van der Waals surface area contributed by atoms with Crippen LogP contribution in [0.25, 0.3) is 11.4 Å². The number of carbonyl (C=O) groups excluding carboxylic acids is 1. The van der Waals surface area contributed by atoms with Crippen molar-refractivity contribution in [1.82, 2.24) is 14.5 Å². The number of carbonyl (C=O) groups is 1. The standard InChI is InChI=1S/C16H19FN4O2/c1-20-6-3-7-21-12(9-20)14(15(18)22)19-16(21)10-4-5-11(17)13(8-10)23-2/h4-5,8H,3,6-7,9H2,1-2H3,(H2,18,22). The van der Waals surface area contributed by atoms with E-state index in [9.17, 15) is 9.18 Å². The van der Waals surface area contributed by atoms with Gasteiger partial charge in [-0.25, -0.2) is 9.37 Å². The van der Waals surface area contributed by atoms with E-state index in [1.54, 1.807) is 12.1 Å². The van der Waals surface area contributed by atoms with Crippen molar-refractivity contribution in [1.29, 1.82) is 0 Å². The molecule has 0 atom stereocenters. The Bertz CT molecular complexity index is 757. The van der Waals surface area contributed by atoms with Crippen molar-refractivity contribution in [3.05, 3.63) is 35.4 Å². The maximum atomic E-state index is 13.6. The second-order valence-electron chi connectivity index (χ2n) is 5.69. The first-order valence-corrected chi connectivity index (χ1v) is 7.43. The van der Waals surface area contributed by atoms with Crippen molar-refractivity contribution >= 4 is 5.91 Å². The van der Waals surface area contributed by atoms with Crippen LogP contribution in [0, 0.1) is 5.82 Å². The number of benzene rings is 1. The summed E-state index contributed by atoms with van der Waals surface area (Å²) in [4.78, 5) is 18.3. The summed E-state index contributed by atoms with van der Waals surface area (Å²) in [5, 5.41) is 0. The Morgan fingerprint density at radius 1 is 1.39 bits per heavy atom. The summed E-state index contributed by atoms with van der Waals surface area (Å²) in [6.45, 7) is 2.25. The topological polar surface area (TPSA) is 73.4 Å². The van der Waals surface area contributed by atoms with Gasteiger partial charge in [-0.05, 0) is 38.2 Å². The molecule has 0 unspecified atom stereocenters. The third-order valence-electron chi connectivity index (χ3n) is 4.06. The van der Waals surface area contributed by atoms with Gasteiger partial charge in [0, 0.05) is 18.7 Å². The fraction of sp³-hybridized carbons (Fsp3) is 0.375. The van der Waals surface area contributed by atoms with Crippen LogP contribution in [0.5, 0.6) is 5.75 Å². The highest BCUT2D eigenvalue weighted by Crippen LogP contribution is 2.29. The van der Waals surface area contributed by atoms with Crippen LogP contribution in [-0.4, -0.2) is 41.1 Å². The molecule has 2 heterocycles. The molecule has 2 aromatic rings. The number of hydrogen-bond acceptors (Lipinski definition) is 4. The smallest absolute Gasteiger partial charge is 0.269 e. The van der Waals surface area contributed by atoms with Gasteiger partial charge in [0.15, 0.2) is 17.3 Å². The van der Waals surface area contributed by atoms with Crippen molar-refractivity contribution in [2.24, 2.45) is 5.73 Å². The highest BCUT2D eigenvalue weighted by atomic mass is 19.1. The van der Waals surface area contributed by atoms with Gasteiger partial charge in [-0.2, -0.15) is 0 Å². The number of rotatable bonds is 3. The molecule has 1 aliphatic heterocycles. The number of aromatic nitrogens is 2. The van der Waals surface area contributed by atoms with Gasteiger partial charge < -0.3 is 19.9 Å². The number of amides is 1. The Kier molecular flexibility index (Phi) is 4.04. The highest BCUT2D eigenvalue weighted by molar-refractivity contribution is 5.93. The van der Waals surface area contributed by atoms with E-state index in [0.29, 0.717) is 17.9 Å². The van der Waals surface area contributed by atoms with Crippen LogP contribution >= 0.6 is 0 Å². The molecule has 2 N–H and O–H groups in total. The first-order chi connectivity index (χ1) is 11.0. The predicted molar refractivity (Wildman–Crippen MR) is 83.6 cm³/mol. The molecule has 3 rings (SSSR count). The number of nitrogens with two attached hydrogens (primary N) is 1. The number of ether oxygens (including phenoxy) is 1. The van der Waals surface area contributed by atoms with Crippen molar-refractivity contribution < 1.29 is 13.9 Å². The average Bonchev–Trinajstić information content (AvgIpc) is 2.75. The zero-order chi connectivity index (χ0) is 16.6. The van der Waals surface area contributed by atoms with Gasteiger partial charge in [0.2, 0.25) is 0 Å². The molecule has 7 heteroatoms. The SMILES string of the molecule is COc1cc(-c2nc(C(N)=O)c3n2CCCN(C)C3)ccc1F. The van der Waals surface area contributed by atoms with Gasteiger partial charge in [-0.15, -0.1) is 0 Å². The van der Waals surface area contributed by atoms with Gasteiger partial charge in [0.1, 0.15) is 5.82 Å². The van der Waals surface area contributed by atoms with E-state index in [2.05, 4.69) is 9.88 Å². The summed E-state index contributed by atoms with van der Waals surface area (Å²) < 4.78 is 20.7. The molecule has 0 saturated carbocycles. The zero-order valence-corrected chi connectivity index (χ0v) is 13.2. The molecule has 122 valence electrons. The summed E-state index contributed by atoms with van der Waals surface area (Å²) in [6.07, 6.45) is 0.934. The Morgan fingerprint density at radius 2 is 2.17 bits per heavy atom. The van der Waals surface area contributed by atoms with Crippen LogP contribution in [0.2, 0.25) is 0 Å². The molecule has 1 aromatic carbocycles. The fourth-order valence-corrected chi connectivity index (χ4v) is 2.94. The summed E-state index contributed by atoms with van der Waals surface area (Å²) in [5.74, 6) is -0.230. The third-order valence-corrected chi connectivity index (χ3v) is 4.06. The second kappa shape index (κ2) is 6.00. The largest absolute Gasteiger partial charge is 0.494 e.